The second-order valence-electron chi connectivity index (χ2n) is 8.75. The Balaban J connectivity index is 1.31. The minimum Gasteiger partial charge on any atom is -0.486 e. The SMILES string of the molecule is O=C(CNC1(CO)CCCc2ccccc21)N1CCCC1c1ccc2c(c1)OCCO2. The largest absolute Gasteiger partial charge is 0.486 e. The molecule has 1 fully saturated rings. The number of hydrogen-bond donors (Lipinski definition) is 2. The highest BCUT2D eigenvalue weighted by Gasteiger charge is 2.37. The van der Waals surface area contributed by atoms with Crippen molar-refractivity contribution in [1.82, 2.24) is 10.2 Å². The predicted octanol–water partition coefficient (Wildman–Crippen LogP) is 2.94. The van der Waals surface area contributed by atoms with E-state index in [0.29, 0.717) is 13.2 Å². The number of benzene rings is 2. The van der Waals surface area contributed by atoms with E-state index < -0.39 is 5.54 Å². The van der Waals surface area contributed by atoms with Crippen LogP contribution in [0.5, 0.6) is 11.5 Å². The number of aliphatic hydroxyl groups is 1. The molecular weight excluding hydrogens is 392 g/mol. The number of carbonyl (C=O) groups is 1. The fraction of sp³-hybridized carbons (Fsp3) is 0.480. The van der Waals surface area contributed by atoms with Crippen molar-refractivity contribution in [2.24, 2.45) is 0 Å². The number of hydrogen-bond acceptors (Lipinski definition) is 5. The maximum Gasteiger partial charge on any atom is 0.237 e. The summed E-state index contributed by atoms with van der Waals surface area (Å²) in [5.74, 6) is 1.61. The highest BCUT2D eigenvalue weighted by molar-refractivity contribution is 5.79. The van der Waals surface area contributed by atoms with Crippen molar-refractivity contribution in [3.63, 3.8) is 0 Å². The van der Waals surface area contributed by atoms with Crippen LogP contribution in [0.3, 0.4) is 0 Å². The molecule has 164 valence electrons. The smallest absolute Gasteiger partial charge is 0.237 e. The molecular formula is C25H30N2O4. The van der Waals surface area contributed by atoms with Gasteiger partial charge in [-0.15, -0.1) is 0 Å². The zero-order valence-electron chi connectivity index (χ0n) is 17.8. The predicted molar refractivity (Wildman–Crippen MR) is 117 cm³/mol. The molecule has 2 aromatic rings. The molecule has 6 nitrogen and oxygen atoms in total. The fourth-order valence-corrected chi connectivity index (χ4v) is 5.35. The summed E-state index contributed by atoms with van der Waals surface area (Å²) in [6.07, 6.45) is 4.78. The van der Waals surface area contributed by atoms with E-state index in [0.717, 1.165) is 61.3 Å². The van der Waals surface area contributed by atoms with Crippen LogP contribution in [0.2, 0.25) is 0 Å². The summed E-state index contributed by atoms with van der Waals surface area (Å²) < 4.78 is 11.4. The van der Waals surface area contributed by atoms with Crippen molar-refractivity contribution in [3.8, 4) is 11.5 Å². The third-order valence-electron chi connectivity index (χ3n) is 6.95. The second-order valence-corrected chi connectivity index (χ2v) is 8.75. The van der Waals surface area contributed by atoms with E-state index >= 15 is 0 Å². The first-order valence-electron chi connectivity index (χ1n) is 11.3. The number of likely N-dealkylation sites (tertiary alicyclic amines) is 1. The number of carbonyl (C=O) groups excluding carboxylic acids is 1. The standard InChI is InChI=1S/C25H30N2O4/c28-17-25(11-3-6-18-5-1-2-7-20(18)25)26-16-24(29)27-12-4-8-21(27)19-9-10-22-23(15-19)31-14-13-30-22/h1-2,5,7,9-10,15,21,26,28H,3-4,6,8,11-14,16-17H2. The Kier molecular flexibility index (Phi) is 5.59. The topological polar surface area (TPSA) is 71.0 Å². The van der Waals surface area contributed by atoms with E-state index in [2.05, 4.69) is 17.4 Å². The van der Waals surface area contributed by atoms with Crippen molar-refractivity contribution in [2.45, 2.75) is 43.7 Å². The van der Waals surface area contributed by atoms with Crippen molar-refractivity contribution in [3.05, 3.63) is 59.2 Å². The summed E-state index contributed by atoms with van der Waals surface area (Å²) in [5, 5.41) is 13.7. The van der Waals surface area contributed by atoms with Gasteiger partial charge >= 0.3 is 0 Å². The van der Waals surface area contributed by atoms with Crippen LogP contribution in [0.1, 0.15) is 48.4 Å². The molecule has 0 aromatic heterocycles. The molecule has 2 aliphatic heterocycles. The number of amides is 1. The van der Waals surface area contributed by atoms with Crippen molar-refractivity contribution in [2.75, 3.05) is 32.9 Å². The molecule has 5 rings (SSSR count). The Hall–Kier alpha value is -2.57. The van der Waals surface area contributed by atoms with Gasteiger partial charge in [-0.1, -0.05) is 30.3 Å². The highest BCUT2D eigenvalue weighted by Crippen LogP contribution is 2.39. The van der Waals surface area contributed by atoms with Gasteiger partial charge in [0.15, 0.2) is 11.5 Å². The maximum absolute atomic E-state index is 13.3. The molecule has 2 unspecified atom stereocenters. The lowest BCUT2D eigenvalue weighted by molar-refractivity contribution is -0.131. The van der Waals surface area contributed by atoms with Gasteiger partial charge in [0.1, 0.15) is 13.2 Å². The van der Waals surface area contributed by atoms with Gasteiger partial charge in [-0.25, -0.2) is 0 Å². The van der Waals surface area contributed by atoms with Gasteiger partial charge in [0, 0.05) is 6.54 Å². The quantitative estimate of drug-likeness (QED) is 0.775. The van der Waals surface area contributed by atoms with E-state index in [1.54, 1.807) is 0 Å². The molecule has 0 radical (unpaired) electrons. The lowest BCUT2D eigenvalue weighted by Gasteiger charge is -2.39. The number of nitrogens with zero attached hydrogens (tertiary/aromatic N) is 1. The van der Waals surface area contributed by atoms with Crippen molar-refractivity contribution >= 4 is 5.91 Å². The van der Waals surface area contributed by atoms with Crippen molar-refractivity contribution < 1.29 is 19.4 Å². The lowest BCUT2D eigenvalue weighted by Crippen LogP contribution is -2.51. The Labute approximate surface area is 183 Å². The molecule has 2 aromatic carbocycles. The van der Waals surface area contributed by atoms with Gasteiger partial charge in [-0.3, -0.25) is 10.1 Å². The zero-order valence-corrected chi connectivity index (χ0v) is 17.8. The monoisotopic (exact) mass is 422 g/mol. The first-order valence-corrected chi connectivity index (χ1v) is 11.3. The molecule has 6 heteroatoms. The van der Waals surface area contributed by atoms with Gasteiger partial charge < -0.3 is 19.5 Å². The van der Waals surface area contributed by atoms with Crippen LogP contribution in [-0.4, -0.2) is 48.8 Å². The average Bonchev–Trinajstić information content (AvgIpc) is 3.32. The molecule has 2 N–H and O–H groups in total. The van der Waals surface area contributed by atoms with Crippen LogP contribution in [-0.2, 0) is 16.8 Å². The third kappa shape index (κ3) is 3.79. The summed E-state index contributed by atoms with van der Waals surface area (Å²) in [4.78, 5) is 15.2. The second kappa shape index (κ2) is 8.52. The molecule has 1 aliphatic carbocycles. The van der Waals surface area contributed by atoms with Crippen molar-refractivity contribution in [1.29, 1.82) is 0 Å². The number of rotatable bonds is 5. The highest BCUT2D eigenvalue weighted by atomic mass is 16.6. The number of ether oxygens (including phenoxy) is 2. The molecule has 31 heavy (non-hydrogen) atoms. The number of fused-ring (bicyclic) bond motifs is 2. The summed E-state index contributed by atoms with van der Waals surface area (Å²) in [5.41, 5.74) is 2.94. The average molecular weight is 423 g/mol. The van der Waals surface area contributed by atoms with E-state index in [1.165, 1.54) is 5.56 Å². The van der Waals surface area contributed by atoms with Crippen LogP contribution in [0.4, 0.5) is 0 Å². The summed E-state index contributed by atoms with van der Waals surface area (Å²) in [6.45, 7) is 2.08. The third-order valence-corrected chi connectivity index (χ3v) is 6.95. The van der Waals surface area contributed by atoms with Crippen LogP contribution in [0, 0.1) is 0 Å². The Morgan fingerprint density at radius 3 is 2.84 bits per heavy atom. The Morgan fingerprint density at radius 2 is 1.97 bits per heavy atom. The van der Waals surface area contributed by atoms with Crippen LogP contribution >= 0.6 is 0 Å². The molecule has 1 amide bonds. The van der Waals surface area contributed by atoms with E-state index in [1.807, 2.05) is 35.2 Å². The number of aliphatic hydroxyl groups excluding tert-OH is 1. The molecule has 2 atom stereocenters. The van der Waals surface area contributed by atoms with E-state index in [9.17, 15) is 9.90 Å². The summed E-state index contributed by atoms with van der Waals surface area (Å²) in [6, 6.07) is 14.3. The molecule has 1 saturated heterocycles. The Bertz CT molecular complexity index is 962. The van der Waals surface area contributed by atoms with E-state index in [4.69, 9.17) is 9.47 Å². The minimum absolute atomic E-state index is 0.0110. The van der Waals surface area contributed by atoms with E-state index in [-0.39, 0.29) is 25.1 Å². The lowest BCUT2D eigenvalue weighted by atomic mass is 9.77. The van der Waals surface area contributed by atoms with Crippen LogP contribution < -0.4 is 14.8 Å². The zero-order chi connectivity index (χ0) is 21.3. The fourth-order valence-electron chi connectivity index (χ4n) is 5.35. The van der Waals surface area contributed by atoms with Gasteiger partial charge in [-0.2, -0.15) is 0 Å². The minimum atomic E-state index is -0.545. The molecule has 0 bridgehead atoms. The van der Waals surface area contributed by atoms with Gasteiger partial charge in [-0.05, 0) is 60.9 Å². The molecule has 2 heterocycles. The Morgan fingerprint density at radius 1 is 1.13 bits per heavy atom. The number of aryl methyl sites for hydroxylation is 1. The van der Waals surface area contributed by atoms with Crippen LogP contribution in [0.25, 0.3) is 0 Å². The summed E-state index contributed by atoms with van der Waals surface area (Å²) in [7, 11) is 0. The molecule has 0 spiro atoms. The van der Waals surface area contributed by atoms with Gasteiger partial charge in [0.2, 0.25) is 5.91 Å². The summed E-state index contributed by atoms with van der Waals surface area (Å²) >= 11 is 0. The van der Waals surface area contributed by atoms with Gasteiger partial charge in [0.05, 0.1) is 24.7 Å². The molecule has 0 saturated carbocycles. The van der Waals surface area contributed by atoms with Gasteiger partial charge in [0.25, 0.3) is 0 Å². The normalized spacial score (nSPS) is 24.7. The molecule has 3 aliphatic rings. The first-order chi connectivity index (χ1) is 15.2. The first kappa shape index (κ1) is 20.3. The maximum atomic E-state index is 13.3. The number of nitrogens with one attached hydrogen (secondary N) is 1. The van der Waals surface area contributed by atoms with Crippen LogP contribution in [0.15, 0.2) is 42.5 Å².